The summed E-state index contributed by atoms with van der Waals surface area (Å²) in [4.78, 5) is 38.2. The highest BCUT2D eigenvalue weighted by molar-refractivity contribution is 8.18. The molecule has 1 aliphatic heterocycles. The average Bonchev–Trinajstić information content (AvgIpc) is 2.99. The number of amides is 3. The maximum absolute atomic E-state index is 12.6. The first-order valence-electron chi connectivity index (χ1n) is 9.00. The molecular formula is C20H19N3O6S2. The fourth-order valence-corrected chi connectivity index (χ4v) is 4.16. The number of hydrogen-bond acceptors (Lipinski definition) is 7. The normalized spacial score (nSPS) is 15.4. The zero-order valence-electron chi connectivity index (χ0n) is 16.4. The highest BCUT2D eigenvalue weighted by Gasteiger charge is 2.35. The van der Waals surface area contributed by atoms with Gasteiger partial charge in [-0.1, -0.05) is 18.2 Å². The number of carbonyl (C=O) groups excluding carboxylic acids is 3. The quantitative estimate of drug-likeness (QED) is 0.604. The molecule has 0 spiro atoms. The van der Waals surface area contributed by atoms with Crippen LogP contribution in [0.2, 0.25) is 0 Å². The van der Waals surface area contributed by atoms with E-state index in [1.54, 1.807) is 30.3 Å². The van der Waals surface area contributed by atoms with Crippen molar-refractivity contribution in [3.8, 4) is 5.75 Å². The van der Waals surface area contributed by atoms with Crippen molar-refractivity contribution < 1.29 is 27.5 Å². The number of benzene rings is 2. The van der Waals surface area contributed by atoms with Crippen LogP contribution in [0.3, 0.4) is 0 Å². The largest absolute Gasteiger partial charge is 0.496 e. The Morgan fingerprint density at radius 3 is 2.48 bits per heavy atom. The van der Waals surface area contributed by atoms with Gasteiger partial charge in [-0.3, -0.25) is 19.3 Å². The molecule has 9 nitrogen and oxygen atoms in total. The van der Waals surface area contributed by atoms with Crippen LogP contribution in [0.4, 0.5) is 10.5 Å². The van der Waals surface area contributed by atoms with Crippen molar-refractivity contribution in [3.63, 3.8) is 0 Å². The SMILES string of the molecule is COc1ccccc1C=C1SC(=O)N(CCC(=O)Nc2ccc(S(N)(=O)=O)cc2)C1=O. The number of nitrogens with one attached hydrogen (secondary N) is 1. The van der Waals surface area contributed by atoms with Crippen LogP contribution in [0.1, 0.15) is 12.0 Å². The second-order valence-electron chi connectivity index (χ2n) is 6.44. The van der Waals surface area contributed by atoms with E-state index in [4.69, 9.17) is 9.88 Å². The van der Waals surface area contributed by atoms with E-state index < -0.39 is 27.1 Å². The molecule has 2 aromatic carbocycles. The maximum Gasteiger partial charge on any atom is 0.293 e. The van der Waals surface area contributed by atoms with Crippen molar-refractivity contribution >= 4 is 50.6 Å². The molecule has 1 saturated heterocycles. The fourth-order valence-electron chi connectivity index (χ4n) is 2.78. The van der Waals surface area contributed by atoms with Crippen molar-refractivity contribution in [3.05, 3.63) is 59.0 Å². The predicted octanol–water partition coefficient (Wildman–Crippen LogP) is 2.41. The highest BCUT2D eigenvalue weighted by Crippen LogP contribution is 2.34. The molecule has 0 aromatic heterocycles. The molecule has 162 valence electrons. The summed E-state index contributed by atoms with van der Waals surface area (Å²) in [5.74, 6) is -0.343. The van der Waals surface area contributed by atoms with Crippen molar-refractivity contribution in [2.75, 3.05) is 19.0 Å². The van der Waals surface area contributed by atoms with E-state index in [2.05, 4.69) is 5.32 Å². The first-order chi connectivity index (χ1) is 14.7. The molecule has 3 rings (SSSR count). The lowest BCUT2D eigenvalue weighted by Crippen LogP contribution is -2.31. The van der Waals surface area contributed by atoms with E-state index >= 15 is 0 Å². The molecule has 0 unspecified atom stereocenters. The summed E-state index contributed by atoms with van der Waals surface area (Å²) in [6.45, 7) is -0.0883. The molecule has 3 amide bonds. The first kappa shape index (κ1) is 22.5. The van der Waals surface area contributed by atoms with Crippen molar-refractivity contribution in [1.82, 2.24) is 4.90 Å². The fraction of sp³-hybridized carbons (Fsp3) is 0.150. The maximum atomic E-state index is 12.6. The third kappa shape index (κ3) is 5.51. The van der Waals surface area contributed by atoms with Gasteiger partial charge in [0.25, 0.3) is 11.1 Å². The molecule has 31 heavy (non-hydrogen) atoms. The van der Waals surface area contributed by atoms with Gasteiger partial charge in [0.15, 0.2) is 0 Å². The zero-order chi connectivity index (χ0) is 22.6. The lowest BCUT2D eigenvalue weighted by Gasteiger charge is -2.12. The van der Waals surface area contributed by atoms with Crippen LogP contribution in [0.5, 0.6) is 5.75 Å². The number of hydrogen-bond donors (Lipinski definition) is 2. The van der Waals surface area contributed by atoms with Gasteiger partial charge >= 0.3 is 0 Å². The molecule has 0 bridgehead atoms. The van der Waals surface area contributed by atoms with Gasteiger partial charge < -0.3 is 10.1 Å². The minimum atomic E-state index is -3.82. The predicted molar refractivity (Wildman–Crippen MR) is 117 cm³/mol. The van der Waals surface area contributed by atoms with Gasteiger partial charge in [0, 0.05) is 24.2 Å². The van der Waals surface area contributed by atoms with Crippen LogP contribution in [-0.2, 0) is 19.6 Å². The number of nitrogens with zero attached hydrogens (tertiary/aromatic N) is 1. The number of rotatable bonds is 7. The Morgan fingerprint density at radius 1 is 1.16 bits per heavy atom. The summed E-state index contributed by atoms with van der Waals surface area (Å²) in [5.41, 5.74) is 1.03. The van der Waals surface area contributed by atoms with Crippen molar-refractivity contribution in [2.45, 2.75) is 11.3 Å². The van der Waals surface area contributed by atoms with E-state index in [1.165, 1.54) is 31.4 Å². The Hall–Kier alpha value is -3.15. The molecule has 2 aromatic rings. The molecule has 11 heteroatoms. The Morgan fingerprint density at radius 2 is 1.84 bits per heavy atom. The van der Waals surface area contributed by atoms with E-state index in [9.17, 15) is 22.8 Å². The molecule has 0 radical (unpaired) electrons. The molecule has 1 heterocycles. The van der Waals surface area contributed by atoms with Gasteiger partial charge in [0.2, 0.25) is 15.9 Å². The second-order valence-corrected chi connectivity index (χ2v) is 9.00. The molecule has 1 fully saturated rings. The Kier molecular flexibility index (Phi) is 6.78. The van der Waals surface area contributed by atoms with Gasteiger partial charge in [0.1, 0.15) is 5.75 Å². The molecule has 0 atom stereocenters. The number of carbonyl (C=O) groups is 3. The third-order valence-corrected chi connectivity index (χ3v) is 6.16. The number of sulfonamides is 1. The summed E-state index contributed by atoms with van der Waals surface area (Å²) in [7, 11) is -2.31. The minimum Gasteiger partial charge on any atom is -0.496 e. The highest BCUT2D eigenvalue weighted by atomic mass is 32.2. The topological polar surface area (TPSA) is 136 Å². The van der Waals surface area contributed by atoms with Crippen molar-refractivity contribution in [2.24, 2.45) is 5.14 Å². The van der Waals surface area contributed by atoms with E-state index in [0.29, 0.717) is 17.0 Å². The van der Waals surface area contributed by atoms with Crippen LogP contribution < -0.4 is 15.2 Å². The average molecular weight is 462 g/mol. The van der Waals surface area contributed by atoms with Gasteiger partial charge in [0.05, 0.1) is 16.9 Å². The van der Waals surface area contributed by atoms with Crippen LogP contribution in [0.25, 0.3) is 6.08 Å². The lowest BCUT2D eigenvalue weighted by molar-refractivity contribution is -0.123. The molecule has 1 aliphatic rings. The minimum absolute atomic E-state index is 0.0786. The molecule has 3 N–H and O–H groups in total. The number of methoxy groups -OCH3 is 1. The first-order valence-corrected chi connectivity index (χ1v) is 11.4. The van der Waals surface area contributed by atoms with Gasteiger partial charge in [-0.05, 0) is 48.2 Å². The summed E-state index contributed by atoms with van der Waals surface area (Å²) < 4.78 is 27.8. The second kappa shape index (κ2) is 9.33. The Bertz CT molecular complexity index is 1160. The van der Waals surface area contributed by atoms with E-state index in [1.807, 2.05) is 0 Å². The summed E-state index contributed by atoms with van der Waals surface area (Å²) in [6.07, 6.45) is 1.47. The lowest BCUT2D eigenvalue weighted by atomic mass is 10.2. The molecular weight excluding hydrogens is 442 g/mol. The Labute approximate surface area is 183 Å². The number of imide groups is 1. The number of primary sulfonamides is 1. The molecule has 0 saturated carbocycles. The smallest absolute Gasteiger partial charge is 0.293 e. The third-order valence-electron chi connectivity index (χ3n) is 4.33. The standard InChI is InChI=1S/C20H19N3O6S2/c1-29-16-5-3-2-4-13(16)12-17-19(25)23(20(26)30-17)11-10-18(24)22-14-6-8-15(9-7-14)31(21,27)28/h2-9,12H,10-11H2,1H3,(H,22,24)(H2,21,27,28). The van der Waals surface area contributed by atoms with E-state index in [-0.39, 0.29) is 22.8 Å². The monoisotopic (exact) mass is 461 g/mol. The van der Waals surface area contributed by atoms with Crippen LogP contribution in [-0.4, -0.2) is 44.0 Å². The van der Waals surface area contributed by atoms with Crippen molar-refractivity contribution in [1.29, 1.82) is 0 Å². The molecule has 0 aliphatic carbocycles. The summed E-state index contributed by atoms with van der Waals surface area (Å²) in [6, 6.07) is 12.4. The summed E-state index contributed by atoms with van der Waals surface area (Å²) in [5, 5.41) is 7.15. The van der Waals surface area contributed by atoms with Crippen LogP contribution in [0, 0.1) is 0 Å². The number of thioether (sulfide) groups is 1. The zero-order valence-corrected chi connectivity index (χ0v) is 18.0. The number of nitrogens with two attached hydrogens (primary N) is 1. The van der Waals surface area contributed by atoms with Crippen LogP contribution in [0.15, 0.2) is 58.3 Å². The van der Waals surface area contributed by atoms with Gasteiger partial charge in [-0.25, -0.2) is 13.6 Å². The van der Waals surface area contributed by atoms with E-state index in [0.717, 1.165) is 16.7 Å². The number of ether oxygens (including phenoxy) is 1. The van der Waals surface area contributed by atoms with Gasteiger partial charge in [-0.2, -0.15) is 0 Å². The Balaban J connectivity index is 1.61. The number of para-hydroxylation sites is 1. The number of anilines is 1. The van der Waals surface area contributed by atoms with Gasteiger partial charge in [-0.15, -0.1) is 0 Å². The van der Waals surface area contributed by atoms with Crippen LogP contribution >= 0.6 is 11.8 Å². The summed E-state index contributed by atoms with van der Waals surface area (Å²) >= 11 is 0.798.